The van der Waals surface area contributed by atoms with Crippen molar-refractivity contribution >= 4 is 24.4 Å². The van der Waals surface area contributed by atoms with Gasteiger partial charge in [0, 0.05) is 18.2 Å². The maximum atomic E-state index is 11.3. The third-order valence-electron chi connectivity index (χ3n) is 3.86. The Bertz CT molecular complexity index is 1000. The summed E-state index contributed by atoms with van der Waals surface area (Å²) < 4.78 is 16.4. The highest BCUT2D eigenvalue weighted by Gasteiger charge is 2.36. The fraction of sp³-hybridized carbons (Fsp3) is 0. The molecule has 0 aliphatic heterocycles. The number of nitro benzene ring substituents is 3. The zero-order valence-electron chi connectivity index (χ0n) is 15.5. The lowest BCUT2D eigenvalue weighted by Gasteiger charge is -2.16. The van der Waals surface area contributed by atoms with Crippen LogP contribution < -0.4 is 14.0 Å². The van der Waals surface area contributed by atoms with Gasteiger partial charge in [-0.05, 0) is 18.2 Å². The molecule has 0 aromatic heterocycles. The standard InChI is InChI=1S/C18H12BN3O9/c23-20(24)13-7-1-4-10-16(13)29-19(30-17-11-5-2-8-14(17)21(25)26)31-18-12-6-3-9-15(18)22(27)28/h1-12H. The second-order valence-electron chi connectivity index (χ2n) is 5.82. The zero-order chi connectivity index (χ0) is 22.4. The van der Waals surface area contributed by atoms with Crippen LogP contribution in [0.1, 0.15) is 0 Å². The van der Waals surface area contributed by atoms with E-state index in [9.17, 15) is 30.3 Å². The van der Waals surface area contributed by atoms with Crippen molar-refractivity contribution in [3.63, 3.8) is 0 Å². The molecule has 0 N–H and O–H groups in total. The van der Waals surface area contributed by atoms with Gasteiger partial charge in [-0.3, -0.25) is 30.3 Å². The molecule has 156 valence electrons. The second kappa shape index (κ2) is 9.22. The van der Waals surface area contributed by atoms with E-state index in [0.717, 1.165) is 0 Å². The Hall–Kier alpha value is -4.68. The normalized spacial score (nSPS) is 10.1. The van der Waals surface area contributed by atoms with Gasteiger partial charge in [-0.1, -0.05) is 36.4 Å². The molecule has 0 spiro atoms. The van der Waals surface area contributed by atoms with Crippen molar-refractivity contribution in [2.75, 3.05) is 0 Å². The number of para-hydroxylation sites is 6. The van der Waals surface area contributed by atoms with E-state index in [1.165, 1.54) is 72.8 Å². The van der Waals surface area contributed by atoms with E-state index in [4.69, 9.17) is 14.0 Å². The highest BCUT2D eigenvalue weighted by molar-refractivity contribution is 6.40. The lowest BCUT2D eigenvalue weighted by atomic mass is 10.1. The van der Waals surface area contributed by atoms with Crippen LogP contribution in [-0.4, -0.2) is 22.1 Å². The van der Waals surface area contributed by atoms with Crippen molar-refractivity contribution in [3.05, 3.63) is 103 Å². The first-order valence-electron chi connectivity index (χ1n) is 8.57. The number of nitro groups is 3. The average molecular weight is 425 g/mol. The van der Waals surface area contributed by atoms with Gasteiger partial charge in [0.1, 0.15) is 0 Å². The minimum absolute atomic E-state index is 0.269. The third kappa shape index (κ3) is 5.03. The molecule has 0 saturated carbocycles. The maximum Gasteiger partial charge on any atom is 0.864 e. The van der Waals surface area contributed by atoms with Crippen LogP contribution in [0.5, 0.6) is 17.2 Å². The Morgan fingerprint density at radius 3 is 1.03 bits per heavy atom. The first kappa shape index (κ1) is 21.0. The summed E-state index contributed by atoms with van der Waals surface area (Å²) in [6.45, 7) is 0. The first-order chi connectivity index (χ1) is 14.9. The van der Waals surface area contributed by atoms with E-state index < -0.39 is 39.2 Å². The molecule has 0 bridgehead atoms. The van der Waals surface area contributed by atoms with Crippen LogP contribution in [0.15, 0.2) is 72.8 Å². The second-order valence-corrected chi connectivity index (χ2v) is 5.82. The fourth-order valence-corrected chi connectivity index (χ4v) is 2.51. The molecule has 13 heteroatoms. The minimum atomic E-state index is -1.83. The van der Waals surface area contributed by atoms with Crippen LogP contribution in [0.4, 0.5) is 17.1 Å². The molecule has 0 aliphatic rings. The predicted molar refractivity (Wildman–Crippen MR) is 107 cm³/mol. The quantitative estimate of drug-likeness (QED) is 0.281. The van der Waals surface area contributed by atoms with E-state index in [-0.39, 0.29) is 17.2 Å². The van der Waals surface area contributed by atoms with Crippen LogP contribution in [0, 0.1) is 30.3 Å². The smallest absolute Gasteiger partial charge is 0.484 e. The number of rotatable bonds is 9. The number of hydrogen-bond donors (Lipinski definition) is 0. The third-order valence-corrected chi connectivity index (χ3v) is 3.86. The van der Waals surface area contributed by atoms with Gasteiger partial charge in [0.05, 0.1) is 14.8 Å². The Morgan fingerprint density at radius 1 is 0.516 bits per heavy atom. The molecule has 0 saturated heterocycles. The molecule has 31 heavy (non-hydrogen) atoms. The summed E-state index contributed by atoms with van der Waals surface area (Å²) in [5, 5.41) is 33.8. The average Bonchev–Trinajstić information content (AvgIpc) is 2.74. The van der Waals surface area contributed by atoms with Gasteiger partial charge in [-0.25, -0.2) is 0 Å². The molecular formula is C18H12BN3O9. The first-order valence-corrected chi connectivity index (χ1v) is 8.57. The SMILES string of the molecule is O=[N+]([O-])c1ccccc1OB(Oc1ccccc1[N+](=O)[O-])Oc1ccccc1[N+](=O)[O-]. The highest BCUT2D eigenvalue weighted by Crippen LogP contribution is 2.32. The molecule has 0 radical (unpaired) electrons. The van der Waals surface area contributed by atoms with Gasteiger partial charge in [-0.15, -0.1) is 0 Å². The summed E-state index contributed by atoms with van der Waals surface area (Å²) >= 11 is 0. The van der Waals surface area contributed by atoms with Crippen molar-refractivity contribution in [1.82, 2.24) is 0 Å². The van der Waals surface area contributed by atoms with Gasteiger partial charge in [-0.2, -0.15) is 0 Å². The van der Waals surface area contributed by atoms with E-state index in [1.54, 1.807) is 0 Å². The van der Waals surface area contributed by atoms with Crippen molar-refractivity contribution in [3.8, 4) is 17.2 Å². The lowest BCUT2D eigenvalue weighted by Crippen LogP contribution is -2.37. The van der Waals surface area contributed by atoms with E-state index >= 15 is 0 Å². The molecular weight excluding hydrogens is 413 g/mol. The number of benzene rings is 3. The zero-order valence-corrected chi connectivity index (χ0v) is 15.5. The van der Waals surface area contributed by atoms with Crippen LogP contribution >= 0.6 is 0 Å². The molecule has 0 heterocycles. The number of nitrogens with zero attached hydrogens (tertiary/aromatic N) is 3. The van der Waals surface area contributed by atoms with Crippen LogP contribution in [0.25, 0.3) is 0 Å². The van der Waals surface area contributed by atoms with Gasteiger partial charge < -0.3 is 14.0 Å². The topological polar surface area (TPSA) is 157 Å². The molecule has 0 atom stereocenters. The largest absolute Gasteiger partial charge is 0.864 e. The minimum Gasteiger partial charge on any atom is -0.484 e. The van der Waals surface area contributed by atoms with Crippen molar-refractivity contribution in [1.29, 1.82) is 0 Å². The number of hydrogen-bond acceptors (Lipinski definition) is 9. The van der Waals surface area contributed by atoms with E-state index in [2.05, 4.69) is 0 Å². The van der Waals surface area contributed by atoms with Gasteiger partial charge in [0.15, 0.2) is 17.2 Å². The summed E-state index contributed by atoms with van der Waals surface area (Å²) in [5.41, 5.74) is -1.28. The van der Waals surface area contributed by atoms with E-state index in [0.29, 0.717) is 0 Å². The van der Waals surface area contributed by atoms with Gasteiger partial charge in [0.2, 0.25) is 0 Å². The summed E-state index contributed by atoms with van der Waals surface area (Å²) in [6, 6.07) is 15.9. The summed E-state index contributed by atoms with van der Waals surface area (Å²) in [7, 11) is -1.83. The van der Waals surface area contributed by atoms with E-state index in [1.807, 2.05) is 0 Å². The summed E-state index contributed by atoms with van der Waals surface area (Å²) in [5.74, 6) is -0.806. The van der Waals surface area contributed by atoms with Crippen molar-refractivity contribution in [2.24, 2.45) is 0 Å². The summed E-state index contributed by atoms with van der Waals surface area (Å²) in [6.07, 6.45) is 0. The maximum absolute atomic E-state index is 11.3. The monoisotopic (exact) mass is 425 g/mol. The molecule has 0 unspecified atom stereocenters. The Labute approximate surface area is 174 Å². The summed E-state index contributed by atoms with van der Waals surface area (Å²) in [4.78, 5) is 31.7. The van der Waals surface area contributed by atoms with Crippen LogP contribution in [0.3, 0.4) is 0 Å². The molecule has 3 aromatic rings. The molecule has 0 aliphatic carbocycles. The molecule has 12 nitrogen and oxygen atoms in total. The molecule has 0 fully saturated rings. The molecule has 3 rings (SSSR count). The highest BCUT2D eigenvalue weighted by atomic mass is 16.7. The predicted octanol–water partition coefficient (Wildman–Crippen LogP) is 3.93. The lowest BCUT2D eigenvalue weighted by molar-refractivity contribution is -0.386. The van der Waals surface area contributed by atoms with Crippen molar-refractivity contribution < 1.29 is 28.7 Å². The van der Waals surface area contributed by atoms with Gasteiger partial charge in [0.25, 0.3) is 0 Å². The molecule has 0 amide bonds. The van der Waals surface area contributed by atoms with Gasteiger partial charge >= 0.3 is 24.4 Å². The fourth-order valence-electron chi connectivity index (χ4n) is 2.51. The Balaban J connectivity index is 2.00. The van der Waals surface area contributed by atoms with Crippen LogP contribution in [-0.2, 0) is 0 Å². The molecule has 3 aromatic carbocycles. The Morgan fingerprint density at radius 2 is 0.774 bits per heavy atom. The van der Waals surface area contributed by atoms with Crippen molar-refractivity contribution in [2.45, 2.75) is 0 Å². The Kier molecular flexibility index (Phi) is 6.26. The van der Waals surface area contributed by atoms with Crippen LogP contribution in [0.2, 0.25) is 0 Å².